The third-order valence-electron chi connectivity index (χ3n) is 3.13. The second-order valence-corrected chi connectivity index (χ2v) is 5.82. The van der Waals surface area contributed by atoms with Crippen molar-refractivity contribution < 1.29 is 14.7 Å². The van der Waals surface area contributed by atoms with Crippen LogP contribution in [0.2, 0.25) is 0 Å². The first-order chi connectivity index (χ1) is 10.5. The molecule has 0 aliphatic rings. The van der Waals surface area contributed by atoms with Crippen LogP contribution in [-0.2, 0) is 4.79 Å². The van der Waals surface area contributed by atoms with E-state index in [1.54, 1.807) is 6.07 Å². The van der Waals surface area contributed by atoms with E-state index in [1.807, 2.05) is 32.0 Å². The predicted molar refractivity (Wildman–Crippen MR) is 86.5 cm³/mol. The molecule has 0 saturated heterocycles. The number of anilines is 1. The average molecular weight is 316 g/mol. The van der Waals surface area contributed by atoms with Gasteiger partial charge in [-0.25, -0.2) is 9.78 Å². The summed E-state index contributed by atoms with van der Waals surface area (Å²) >= 11 is 1.26. The summed E-state index contributed by atoms with van der Waals surface area (Å²) in [5, 5.41) is 12.2. The Morgan fingerprint density at radius 2 is 1.95 bits per heavy atom. The molecule has 0 fully saturated rings. The van der Waals surface area contributed by atoms with E-state index in [0.29, 0.717) is 5.03 Å². The summed E-state index contributed by atoms with van der Waals surface area (Å²) in [6, 6.07) is 8.82. The van der Waals surface area contributed by atoms with Crippen LogP contribution in [-0.4, -0.2) is 27.7 Å². The summed E-state index contributed by atoms with van der Waals surface area (Å²) < 4.78 is 0. The Balaban J connectivity index is 1.89. The molecule has 2 rings (SSSR count). The Hall–Kier alpha value is -2.34. The molecule has 1 aromatic heterocycles. The predicted octanol–water partition coefficient (Wildman–Crippen LogP) is 3.13. The van der Waals surface area contributed by atoms with Gasteiger partial charge in [-0.2, -0.15) is 0 Å². The van der Waals surface area contributed by atoms with Gasteiger partial charge in [0, 0.05) is 11.9 Å². The number of carboxylic acid groups (broad SMARTS) is 1. The molecule has 1 aromatic carbocycles. The van der Waals surface area contributed by atoms with Crippen molar-refractivity contribution in [3.63, 3.8) is 0 Å². The van der Waals surface area contributed by atoms with Crippen LogP contribution in [0.4, 0.5) is 5.69 Å². The number of benzene rings is 1. The molecule has 0 radical (unpaired) electrons. The second kappa shape index (κ2) is 7.09. The molecule has 0 spiro atoms. The van der Waals surface area contributed by atoms with Crippen molar-refractivity contribution in [1.82, 2.24) is 4.98 Å². The van der Waals surface area contributed by atoms with Crippen LogP contribution in [0.15, 0.2) is 41.6 Å². The number of carbonyl (C=O) groups is 2. The molecular formula is C16H16N2O3S. The number of nitrogens with one attached hydrogen (secondary N) is 1. The standard InChI is InChI=1S/C16H16N2O3S/c1-10-3-5-13(7-11(10)2)18-14(19)9-22-15-6-4-12(8-17-15)16(20)21/h3-8H,9H2,1-2H3,(H,18,19)(H,20,21). The normalized spacial score (nSPS) is 10.3. The minimum absolute atomic E-state index is 0.127. The van der Waals surface area contributed by atoms with Crippen LogP contribution in [0, 0.1) is 13.8 Å². The monoisotopic (exact) mass is 316 g/mol. The molecular weight excluding hydrogens is 300 g/mol. The number of amides is 1. The second-order valence-electron chi connectivity index (χ2n) is 4.83. The smallest absolute Gasteiger partial charge is 0.337 e. The number of carboxylic acids is 1. The summed E-state index contributed by atoms with van der Waals surface area (Å²) in [6.45, 7) is 4.01. The molecule has 5 nitrogen and oxygen atoms in total. The topological polar surface area (TPSA) is 79.3 Å². The number of nitrogens with zero attached hydrogens (tertiary/aromatic N) is 1. The van der Waals surface area contributed by atoms with Gasteiger partial charge in [0.1, 0.15) is 0 Å². The van der Waals surface area contributed by atoms with Crippen LogP contribution in [0.1, 0.15) is 21.5 Å². The highest BCUT2D eigenvalue weighted by Gasteiger charge is 2.07. The number of thioether (sulfide) groups is 1. The first-order valence-electron chi connectivity index (χ1n) is 6.65. The van der Waals surface area contributed by atoms with Crippen LogP contribution in [0.3, 0.4) is 0 Å². The minimum atomic E-state index is -1.02. The molecule has 0 saturated carbocycles. The highest BCUT2D eigenvalue weighted by atomic mass is 32.2. The molecule has 0 bridgehead atoms. The van der Waals surface area contributed by atoms with Gasteiger partial charge in [-0.15, -0.1) is 0 Å². The summed E-state index contributed by atoms with van der Waals surface area (Å²) in [5.41, 5.74) is 3.19. The van der Waals surface area contributed by atoms with Crippen LogP contribution in [0.25, 0.3) is 0 Å². The molecule has 0 unspecified atom stereocenters. The van der Waals surface area contributed by atoms with Gasteiger partial charge in [-0.3, -0.25) is 4.79 Å². The van der Waals surface area contributed by atoms with E-state index < -0.39 is 5.97 Å². The van der Waals surface area contributed by atoms with Crippen LogP contribution < -0.4 is 5.32 Å². The van der Waals surface area contributed by atoms with E-state index in [0.717, 1.165) is 11.3 Å². The van der Waals surface area contributed by atoms with E-state index in [2.05, 4.69) is 10.3 Å². The minimum Gasteiger partial charge on any atom is -0.478 e. The Morgan fingerprint density at radius 1 is 1.18 bits per heavy atom. The quantitative estimate of drug-likeness (QED) is 0.829. The molecule has 1 heterocycles. The lowest BCUT2D eigenvalue weighted by atomic mass is 10.1. The molecule has 6 heteroatoms. The van der Waals surface area contributed by atoms with Crippen LogP contribution >= 0.6 is 11.8 Å². The highest BCUT2D eigenvalue weighted by Crippen LogP contribution is 2.17. The molecule has 1 amide bonds. The SMILES string of the molecule is Cc1ccc(NC(=O)CSc2ccc(C(=O)O)cn2)cc1C. The Labute approximate surface area is 132 Å². The number of pyridine rings is 1. The zero-order chi connectivity index (χ0) is 16.1. The van der Waals surface area contributed by atoms with Gasteiger partial charge >= 0.3 is 5.97 Å². The Morgan fingerprint density at radius 3 is 2.55 bits per heavy atom. The number of aromatic nitrogens is 1. The summed E-state index contributed by atoms with van der Waals surface area (Å²) in [4.78, 5) is 26.6. The number of aromatic carboxylic acids is 1. The first kappa shape index (κ1) is 16.0. The van der Waals surface area contributed by atoms with Crippen molar-refractivity contribution in [2.45, 2.75) is 18.9 Å². The molecule has 114 valence electrons. The van der Waals surface area contributed by atoms with Gasteiger partial charge in [0.2, 0.25) is 5.91 Å². The van der Waals surface area contributed by atoms with Crippen molar-refractivity contribution in [2.24, 2.45) is 0 Å². The van der Waals surface area contributed by atoms with Crippen molar-refractivity contribution in [3.05, 3.63) is 53.2 Å². The van der Waals surface area contributed by atoms with Gasteiger partial charge in [0.25, 0.3) is 0 Å². The van der Waals surface area contributed by atoms with E-state index in [9.17, 15) is 9.59 Å². The van der Waals surface area contributed by atoms with Gasteiger partial charge < -0.3 is 10.4 Å². The largest absolute Gasteiger partial charge is 0.478 e. The van der Waals surface area contributed by atoms with Gasteiger partial charge in [-0.05, 0) is 49.2 Å². The number of carbonyl (C=O) groups excluding carboxylic acids is 1. The first-order valence-corrected chi connectivity index (χ1v) is 7.63. The zero-order valence-corrected chi connectivity index (χ0v) is 13.1. The molecule has 22 heavy (non-hydrogen) atoms. The van der Waals surface area contributed by atoms with Crippen molar-refractivity contribution in [2.75, 3.05) is 11.1 Å². The fourth-order valence-corrected chi connectivity index (χ4v) is 2.39. The number of rotatable bonds is 5. The Bertz CT molecular complexity index is 699. The molecule has 0 atom stereocenters. The summed E-state index contributed by atoms with van der Waals surface area (Å²) in [7, 11) is 0. The van der Waals surface area contributed by atoms with Crippen molar-refractivity contribution >= 4 is 29.3 Å². The third kappa shape index (κ3) is 4.33. The van der Waals surface area contributed by atoms with Gasteiger partial charge in [-0.1, -0.05) is 17.8 Å². The molecule has 0 aliphatic carbocycles. The summed E-state index contributed by atoms with van der Waals surface area (Å²) in [6.07, 6.45) is 1.28. The third-order valence-corrected chi connectivity index (χ3v) is 4.07. The number of hydrogen-bond acceptors (Lipinski definition) is 4. The van der Waals surface area contributed by atoms with Crippen molar-refractivity contribution in [3.8, 4) is 0 Å². The fraction of sp³-hybridized carbons (Fsp3) is 0.188. The van der Waals surface area contributed by atoms with E-state index in [-0.39, 0.29) is 17.2 Å². The van der Waals surface area contributed by atoms with Gasteiger partial charge in [0.15, 0.2) is 0 Å². The zero-order valence-electron chi connectivity index (χ0n) is 12.3. The van der Waals surface area contributed by atoms with Crippen LogP contribution in [0.5, 0.6) is 0 Å². The number of hydrogen-bond donors (Lipinski definition) is 2. The number of aryl methyl sites for hydroxylation is 2. The maximum absolute atomic E-state index is 11.9. The molecule has 2 aromatic rings. The maximum Gasteiger partial charge on any atom is 0.337 e. The Kier molecular flexibility index (Phi) is 5.16. The average Bonchev–Trinajstić information content (AvgIpc) is 2.49. The highest BCUT2D eigenvalue weighted by molar-refractivity contribution is 7.99. The van der Waals surface area contributed by atoms with E-state index >= 15 is 0 Å². The fourth-order valence-electron chi connectivity index (χ4n) is 1.75. The van der Waals surface area contributed by atoms with Crippen molar-refractivity contribution in [1.29, 1.82) is 0 Å². The lowest BCUT2D eigenvalue weighted by Crippen LogP contribution is -2.14. The molecule has 2 N–H and O–H groups in total. The summed E-state index contributed by atoms with van der Waals surface area (Å²) in [5.74, 6) is -0.930. The lowest BCUT2D eigenvalue weighted by molar-refractivity contribution is -0.113. The van der Waals surface area contributed by atoms with E-state index in [1.165, 1.54) is 29.6 Å². The lowest BCUT2D eigenvalue weighted by Gasteiger charge is -2.07. The molecule has 0 aliphatic heterocycles. The maximum atomic E-state index is 11.9. The van der Waals surface area contributed by atoms with E-state index in [4.69, 9.17) is 5.11 Å². The van der Waals surface area contributed by atoms with Gasteiger partial charge in [0.05, 0.1) is 16.3 Å².